The van der Waals surface area contributed by atoms with E-state index in [0.717, 1.165) is 36.5 Å². The van der Waals surface area contributed by atoms with E-state index in [2.05, 4.69) is 22.5 Å². The van der Waals surface area contributed by atoms with Crippen molar-refractivity contribution < 1.29 is 18.0 Å². The fourth-order valence-electron chi connectivity index (χ4n) is 3.78. The number of hydrogen-bond acceptors (Lipinski definition) is 5. The molecule has 1 saturated heterocycles. The molecule has 0 radical (unpaired) electrons. The van der Waals surface area contributed by atoms with Crippen LogP contribution in [0.5, 0.6) is 0 Å². The molecule has 0 bridgehead atoms. The van der Waals surface area contributed by atoms with Gasteiger partial charge in [0.1, 0.15) is 0 Å². The average molecular weight is 487 g/mol. The fourth-order valence-corrected chi connectivity index (χ4v) is 4.88. The zero-order valence-corrected chi connectivity index (χ0v) is 20.9. The number of nitrogens with one attached hydrogen (secondary N) is 2. The van der Waals surface area contributed by atoms with Crippen LogP contribution in [0.3, 0.4) is 0 Å². The van der Waals surface area contributed by atoms with Crippen LogP contribution in [0.15, 0.2) is 23.1 Å². The molecular weight excluding hydrogens is 452 g/mol. The second-order valence-corrected chi connectivity index (χ2v) is 11.1. The van der Waals surface area contributed by atoms with Crippen molar-refractivity contribution in [2.24, 2.45) is 5.92 Å². The smallest absolute Gasteiger partial charge is 0.242 e. The van der Waals surface area contributed by atoms with Gasteiger partial charge in [-0.05, 0) is 50.9 Å². The maximum absolute atomic E-state index is 12.5. The minimum atomic E-state index is -3.63. The Morgan fingerprint density at radius 3 is 2.69 bits per heavy atom. The van der Waals surface area contributed by atoms with Gasteiger partial charge in [-0.15, -0.1) is 0 Å². The number of carbonyl (C=O) groups is 2. The lowest BCUT2D eigenvalue weighted by atomic mass is 9.96. The van der Waals surface area contributed by atoms with E-state index in [0.29, 0.717) is 13.1 Å². The molecule has 2 amide bonds. The van der Waals surface area contributed by atoms with E-state index in [-0.39, 0.29) is 45.8 Å². The van der Waals surface area contributed by atoms with E-state index in [1.165, 1.54) is 32.3 Å². The first-order valence-corrected chi connectivity index (χ1v) is 12.9. The lowest BCUT2D eigenvalue weighted by Crippen LogP contribution is -2.45. The fraction of sp³-hybridized carbons (Fsp3) is 0.636. The number of anilines is 1. The summed E-state index contributed by atoms with van der Waals surface area (Å²) in [5.41, 5.74) is 0.264. The minimum Gasteiger partial charge on any atom is -0.353 e. The molecule has 1 aliphatic heterocycles. The summed E-state index contributed by atoms with van der Waals surface area (Å²) in [4.78, 5) is 27.2. The Labute approximate surface area is 196 Å². The van der Waals surface area contributed by atoms with E-state index >= 15 is 0 Å². The van der Waals surface area contributed by atoms with E-state index in [1.54, 1.807) is 0 Å². The molecule has 1 aliphatic rings. The van der Waals surface area contributed by atoms with Gasteiger partial charge in [0, 0.05) is 39.6 Å². The molecule has 2 N–H and O–H groups in total. The van der Waals surface area contributed by atoms with Crippen LogP contribution in [-0.4, -0.2) is 69.2 Å². The topological polar surface area (TPSA) is 98.8 Å². The van der Waals surface area contributed by atoms with Gasteiger partial charge < -0.3 is 15.5 Å². The number of piperidine rings is 1. The summed E-state index contributed by atoms with van der Waals surface area (Å²) in [7, 11) is -0.744. The van der Waals surface area contributed by atoms with Crippen LogP contribution in [0.2, 0.25) is 5.02 Å². The molecule has 2 rings (SSSR count). The first kappa shape index (κ1) is 26.6. The third kappa shape index (κ3) is 7.43. The Morgan fingerprint density at radius 2 is 2.03 bits per heavy atom. The number of hydrogen-bond donors (Lipinski definition) is 2. The summed E-state index contributed by atoms with van der Waals surface area (Å²) in [6, 6.07) is 4.41. The van der Waals surface area contributed by atoms with Gasteiger partial charge in [-0.25, -0.2) is 12.7 Å². The molecule has 0 aliphatic carbocycles. The maximum Gasteiger partial charge on any atom is 0.242 e. The predicted molar refractivity (Wildman–Crippen MR) is 127 cm³/mol. The molecule has 1 heterocycles. The lowest BCUT2D eigenvalue weighted by molar-refractivity contribution is -0.127. The summed E-state index contributed by atoms with van der Waals surface area (Å²) < 4.78 is 25.8. The van der Waals surface area contributed by atoms with Crippen molar-refractivity contribution in [2.45, 2.75) is 56.9 Å². The average Bonchev–Trinajstić information content (AvgIpc) is 2.74. The zero-order valence-electron chi connectivity index (χ0n) is 19.4. The third-order valence-corrected chi connectivity index (χ3v) is 7.77. The molecule has 0 saturated carbocycles. The normalized spacial score (nSPS) is 18.4. The first-order valence-electron chi connectivity index (χ1n) is 11.1. The van der Waals surface area contributed by atoms with Crippen molar-refractivity contribution in [1.29, 1.82) is 0 Å². The molecule has 0 unspecified atom stereocenters. The molecule has 1 aromatic rings. The molecule has 2 atom stereocenters. The molecule has 10 heteroatoms. The van der Waals surface area contributed by atoms with Crippen molar-refractivity contribution >= 4 is 39.1 Å². The largest absolute Gasteiger partial charge is 0.353 e. The van der Waals surface area contributed by atoms with Crippen LogP contribution >= 0.6 is 11.6 Å². The van der Waals surface area contributed by atoms with E-state index < -0.39 is 10.0 Å². The SMILES string of the molecule is CCC[C@H](C)NC(=O)[C@@H]1CCCN(CCC(=O)Nc2cc(S(=O)(=O)N(C)C)ccc2Cl)C1. The van der Waals surface area contributed by atoms with Gasteiger partial charge >= 0.3 is 0 Å². The van der Waals surface area contributed by atoms with Crippen LogP contribution in [-0.2, 0) is 19.6 Å². The standard InChI is InChI=1S/C22H35ClN4O4S/c1-5-7-16(2)24-22(29)17-8-6-12-27(15-17)13-11-21(28)25-20-14-18(9-10-19(20)23)32(30,31)26(3)4/h9-10,14,16-17H,5-8,11-13,15H2,1-4H3,(H,24,29)(H,25,28)/t16-,17+/m0/s1. The quantitative estimate of drug-likeness (QED) is 0.529. The number of amides is 2. The van der Waals surface area contributed by atoms with Crippen LogP contribution in [0.25, 0.3) is 0 Å². The Kier molecular flexibility index (Phi) is 9.94. The van der Waals surface area contributed by atoms with Crippen LogP contribution < -0.4 is 10.6 Å². The van der Waals surface area contributed by atoms with E-state index in [1.807, 2.05) is 6.92 Å². The van der Waals surface area contributed by atoms with Gasteiger partial charge in [-0.3, -0.25) is 9.59 Å². The van der Waals surface area contributed by atoms with Gasteiger partial charge in [0.05, 0.1) is 21.5 Å². The van der Waals surface area contributed by atoms with Gasteiger partial charge in [0.25, 0.3) is 0 Å². The molecule has 180 valence electrons. The highest BCUT2D eigenvalue weighted by Crippen LogP contribution is 2.26. The zero-order chi connectivity index (χ0) is 23.9. The Balaban J connectivity index is 1.91. The van der Waals surface area contributed by atoms with Gasteiger partial charge in [-0.1, -0.05) is 24.9 Å². The second-order valence-electron chi connectivity index (χ2n) is 8.57. The summed E-state index contributed by atoms with van der Waals surface area (Å²) in [5, 5.41) is 6.07. The number of benzene rings is 1. The van der Waals surface area contributed by atoms with Gasteiger partial charge in [0.2, 0.25) is 21.8 Å². The minimum absolute atomic E-state index is 0.0596. The van der Waals surface area contributed by atoms with Crippen molar-refractivity contribution in [3.63, 3.8) is 0 Å². The Hall–Kier alpha value is -1.68. The summed E-state index contributed by atoms with van der Waals surface area (Å²) >= 11 is 6.16. The molecule has 1 aromatic carbocycles. The number of halogens is 1. The second kappa shape index (κ2) is 12.0. The predicted octanol–water partition coefficient (Wildman–Crippen LogP) is 2.94. The molecule has 0 spiro atoms. The van der Waals surface area contributed by atoms with Crippen molar-refractivity contribution in [1.82, 2.24) is 14.5 Å². The van der Waals surface area contributed by atoms with Crippen molar-refractivity contribution in [3.8, 4) is 0 Å². The first-order chi connectivity index (χ1) is 15.0. The maximum atomic E-state index is 12.5. The molecule has 1 fully saturated rings. The van der Waals surface area contributed by atoms with E-state index in [4.69, 9.17) is 11.6 Å². The molecule has 0 aromatic heterocycles. The molecule has 32 heavy (non-hydrogen) atoms. The molecule has 8 nitrogen and oxygen atoms in total. The van der Waals surface area contributed by atoms with Crippen molar-refractivity contribution in [2.75, 3.05) is 39.0 Å². The summed E-state index contributed by atoms with van der Waals surface area (Å²) in [6.07, 6.45) is 3.99. The highest BCUT2D eigenvalue weighted by atomic mass is 35.5. The van der Waals surface area contributed by atoms with Gasteiger partial charge in [-0.2, -0.15) is 0 Å². The number of nitrogens with zero attached hydrogens (tertiary/aromatic N) is 2. The van der Waals surface area contributed by atoms with Crippen LogP contribution in [0.4, 0.5) is 5.69 Å². The summed E-state index contributed by atoms with van der Waals surface area (Å²) in [5.74, 6) is -0.228. The molecular formula is C22H35ClN4O4S. The lowest BCUT2D eigenvalue weighted by Gasteiger charge is -2.32. The van der Waals surface area contributed by atoms with Crippen LogP contribution in [0.1, 0.15) is 46.0 Å². The van der Waals surface area contributed by atoms with Crippen molar-refractivity contribution in [3.05, 3.63) is 23.2 Å². The number of sulfonamides is 1. The monoisotopic (exact) mass is 486 g/mol. The number of rotatable bonds is 10. The van der Waals surface area contributed by atoms with E-state index in [9.17, 15) is 18.0 Å². The third-order valence-electron chi connectivity index (χ3n) is 5.63. The Morgan fingerprint density at radius 1 is 1.31 bits per heavy atom. The highest BCUT2D eigenvalue weighted by molar-refractivity contribution is 7.89. The summed E-state index contributed by atoms with van der Waals surface area (Å²) in [6.45, 7) is 6.12. The highest BCUT2D eigenvalue weighted by Gasteiger charge is 2.26. The Bertz CT molecular complexity index is 907. The number of carbonyl (C=O) groups excluding carboxylic acids is 2. The number of likely N-dealkylation sites (tertiary alicyclic amines) is 1. The van der Waals surface area contributed by atoms with Crippen LogP contribution in [0, 0.1) is 5.92 Å². The van der Waals surface area contributed by atoms with Gasteiger partial charge in [0.15, 0.2) is 0 Å².